The Morgan fingerprint density at radius 1 is 1.03 bits per heavy atom. The summed E-state index contributed by atoms with van der Waals surface area (Å²) in [5, 5.41) is 20.8. The highest BCUT2D eigenvalue weighted by atomic mass is 16.4. The maximum Gasteiger partial charge on any atom is 0.325 e. The number of rotatable bonds is 7. The maximum absolute atomic E-state index is 11.4. The number of nitrogens with zero attached hydrogens (tertiary/aromatic N) is 6. The van der Waals surface area contributed by atoms with Crippen molar-refractivity contribution in [3.63, 3.8) is 0 Å². The van der Waals surface area contributed by atoms with E-state index in [0.717, 1.165) is 22.5 Å². The van der Waals surface area contributed by atoms with Crippen molar-refractivity contribution in [2.75, 3.05) is 5.32 Å². The molecule has 9 heteroatoms. The monoisotopic (exact) mass is 471 g/mol. The van der Waals surface area contributed by atoms with E-state index < -0.39 is 12.0 Å². The highest BCUT2D eigenvalue weighted by Crippen LogP contribution is 2.25. The van der Waals surface area contributed by atoms with Gasteiger partial charge in [0, 0.05) is 16.7 Å². The van der Waals surface area contributed by atoms with Crippen molar-refractivity contribution in [2.45, 2.75) is 52.6 Å². The number of hydrogen-bond donors (Lipinski definition) is 2. The summed E-state index contributed by atoms with van der Waals surface area (Å²) < 4.78 is 1.71. The number of carbonyl (C=O) groups is 1. The van der Waals surface area contributed by atoms with Crippen LogP contribution >= 0.6 is 0 Å². The summed E-state index contributed by atoms with van der Waals surface area (Å²) in [6.07, 6.45) is 1.80. The molecule has 0 amide bonds. The molecule has 0 radical (unpaired) electrons. The van der Waals surface area contributed by atoms with Gasteiger partial charge in [-0.05, 0) is 38.1 Å². The Bertz CT molecular complexity index is 1360. The molecule has 0 aliphatic rings. The van der Waals surface area contributed by atoms with E-state index in [1.165, 1.54) is 0 Å². The standard InChI is InChI=1S/C26H29N7O2/c1-16-8-6-9-18(12-16)20-13-21(30-25(29-20)27-17(2)24(34)35)22-15-33(32-31-22)14-19-10-7-11-23(28-19)26(3,4)5/h6-13,15,17H,14H2,1-5H3,(H,34,35)(H,27,29,30)/t17-/m1/s1. The van der Waals surface area contributed by atoms with Gasteiger partial charge in [-0.3, -0.25) is 9.78 Å². The molecule has 0 unspecified atom stereocenters. The van der Waals surface area contributed by atoms with Crippen LogP contribution in [0.15, 0.2) is 54.7 Å². The van der Waals surface area contributed by atoms with Crippen LogP contribution in [0.5, 0.6) is 0 Å². The van der Waals surface area contributed by atoms with Gasteiger partial charge < -0.3 is 10.4 Å². The van der Waals surface area contributed by atoms with E-state index in [0.29, 0.717) is 23.6 Å². The molecule has 0 spiro atoms. The fourth-order valence-electron chi connectivity index (χ4n) is 3.50. The molecule has 3 heterocycles. The average molecular weight is 472 g/mol. The molecule has 4 rings (SSSR count). The number of pyridine rings is 1. The minimum absolute atomic E-state index is 0.0484. The van der Waals surface area contributed by atoms with Gasteiger partial charge in [0.2, 0.25) is 5.95 Å². The van der Waals surface area contributed by atoms with Crippen LogP contribution in [0.3, 0.4) is 0 Å². The molecule has 0 saturated carbocycles. The van der Waals surface area contributed by atoms with Crippen molar-refractivity contribution < 1.29 is 9.90 Å². The number of hydrogen-bond acceptors (Lipinski definition) is 7. The zero-order valence-electron chi connectivity index (χ0n) is 20.5. The molecule has 0 bridgehead atoms. The molecule has 35 heavy (non-hydrogen) atoms. The Morgan fingerprint density at radius 3 is 2.49 bits per heavy atom. The molecule has 0 aliphatic carbocycles. The first-order valence-corrected chi connectivity index (χ1v) is 11.4. The SMILES string of the molecule is Cc1cccc(-c2cc(-c3cn(Cc4cccc(C(C)(C)C)n4)nn3)nc(N[C@H](C)C(=O)O)n2)c1. The second kappa shape index (κ2) is 9.61. The van der Waals surface area contributed by atoms with Crippen molar-refractivity contribution in [2.24, 2.45) is 0 Å². The van der Waals surface area contributed by atoms with E-state index in [9.17, 15) is 9.90 Å². The van der Waals surface area contributed by atoms with Gasteiger partial charge in [0.15, 0.2) is 0 Å². The predicted octanol–water partition coefficient (Wildman–Crippen LogP) is 4.34. The van der Waals surface area contributed by atoms with Gasteiger partial charge in [0.25, 0.3) is 0 Å². The zero-order valence-corrected chi connectivity index (χ0v) is 20.5. The molecule has 2 N–H and O–H groups in total. The summed E-state index contributed by atoms with van der Waals surface area (Å²) in [5.41, 5.74) is 5.59. The predicted molar refractivity (Wildman–Crippen MR) is 134 cm³/mol. The summed E-state index contributed by atoms with van der Waals surface area (Å²) in [7, 11) is 0. The number of carboxylic acids is 1. The highest BCUT2D eigenvalue weighted by molar-refractivity contribution is 5.76. The van der Waals surface area contributed by atoms with Gasteiger partial charge in [-0.2, -0.15) is 0 Å². The van der Waals surface area contributed by atoms with Gasteiger partial charge in [0.05, 0.1) is 29.8 Å². The largest absolute Gasteiger partial charge is 0.480 e. The van der Waals surface area contributed by atoms with Crippen LogP contribution in [-0.4, -0.2) is 47.1 Å². The first-order chi connectivity index (χ1) is 16.6. The number of aryl methyl sites for hydroxylation is 1. The molecule has 1 atom stereocenters. The second-order valence-corrected chi connectivity index (χ2v) is 9.60. The second-order valence-electron chi connectivity index (χ2n) is 9.60. The third-order valence-corrected chi connectivity index (χ3v) is 5.46. The van der Waals surface area contributed by atoms with Crippen molar-refractivity contribution in [1.29, 1.82) is 0 Å². The van der Waals surface area contributed by atoms with Crippen molar-refractivity contribution >= 4 is 11.9 Å². The fourth-order valence-corrected chi connectivity index (χ4v) is 3.50. The van der Waals surface area contributed by atoms with Crippen molar-refractivity contribution in [1.82, 2.24) is 29.9 Å². The topological polar surface area (TPSA) is 119 Å². The van der Waals surface area contributed by atoms with Crippen molar-refractivity contribution in [3.05, 3.63) is 71.7 Å². The Morgan fingerprint density at radius 2 is 1.77 bits per heavy atom. The number of nitrogens with one attached hydrogen (secondary N) is 1. The lowest BCUT2D eigenvalue weighted by atomic mass is 9.91. The third kappa shape index (κ3) is 5.87. The fraction of sp³-hybridized carbons (Fsp3) is 0.308. The Kier molecular flexibility index (Phi) is 6.59. The Balaban J connectivity index is 1.67. The molecular weight excluding hydrogens is 442 g/mol. The minimum atomic E-state index is -0.993. The van der Waals surface area contributed by atoms with Gasteiger partial charge in [0.1, 0.15) is 11.7 Å². The number of aromatic nitrogens is 6. The van der Waals surface area contributed by atoms with Gasteiger partial charge >= 0.3 is 5.97 Å². The highest BCUT2D eigenvalue weighted by Gasteiger charge is 2.18. The molecule has 9 nitrogen and oxygen atoms in total. The van der Waals surface area contributed by atoms with Crippen LogP contribution in [-0.2, 0) is 16.8 Å². The lowest BCUT2D eigenvalue weighted by Gasteiger charge is -2.18. The molecule has 0 saturated heterocycles. The lowest BCUT2D eigenvalue weighted by molar-refractivity contribution is -0.137. The van der Waals surface area contributed by atoms with Crippen LogP contribution in [0.25, 0.3) is 22.6 Å². The summed E-state index contributed by atoms with van der Waals surface area (Å²) in [6, 6.07) is 14.9. The summed E-state index contributed by atoms with van der Waals surface area (Å²) >= 11 is 0. The first-order valence-electron chi connectivity index (χ1n) is 11.4. The molecule has 0 fully saturated rings. The van der Waals surface area contributed by atoms with Crippen LogP contribution in [0.1, 0.15) is 44.6 Å². The van der Waals surface area contributed by atoms with Crippen LogP contribution in [0, 0.1) is 6.92 Å². The molecule has 4 aromatic rings. The number of carboxylic acid groups (broad SMARTS) is 1. The smallest absolute Gasteiger partial charge is 0.325 e. The third-order valence-electron chi connectivity index (χ3n) is 5.46. The quantitative estimate of drug-likeness (QED) is 0.409. The summed E-state index contributed by atoms with van der Waals surface area (Å²) in [6.45, 7) is 10.4. The zero-order chi connectivity index (χ0) is 25.2. The molecular formula is C26H29N7O2. The lowest BCUT2D eigenvalue weighted by Crippen LogP contribution is -2.26. The minimum Gasteiger partial charge on any atom is -0.480 e. The van der Waals surface area contributed by atoms with Crippen molar-refractivity contribution in [3.8, 4) is 22.6 Å². The Labute approximate surface area is 204 Å². The van der Waals surface area contributed by atoms with E-state index in [1.807, 2.05) is 55.5 Å². The van der Waals surface area contributed by atoms with E-state index in [2.05, 4.69) is 46.4 Å². The van der Waals surface area contributed by atoms with Crippen LogP contribution in [0.4, 0.5) is 5.95 Å². The van der Waals surface area contributed by atoms with E-state index in [-0.39, 0.29) is 11.4 Å². The van der Waals surface area contributed by atoms with Crippen LogP contribution in [0.2, 0.25) is 0 Å². The maximum atomic E-state index is 11.4. The molecule has 1 aromatic carbocycles. The summed E-state index contributed by atoms with van der Waals surface area (Å²) in [4.78, 5) is 25.2. The normalized spacial score (nSPS) is 12.4. The molecule has 3 aromatic heterocycles. The van der Waals surface area contributed by atoms with Gasteiger partial charge in [-0.15, -0.1) is 5.10 Å². The number of aliphatic carboxylic acids is 1. The number of benzene rings is 1. The van der Waals surface area contributed by atoms with Crippen LogP contribution < -0.4 is 5.32 Å². The Hall–Kier alpha value is -4.14. The van der Waals surface area contributed by atoms with E-state index >= 15 is 0 Å². The van der Waals surface area contributed by atoms with E-state index in [1.54, 1.807) is 17.8 Å². The van der Waals surface area contributed by atoms with Gasteiger partial charge in [-0.1, -0.05) is 55.8 Å². The number of anilines is 1. The molecule has 0 aliphatic heterocycles. The van der Waals surface area contributed by atoms with Gasteiger partial charge in [-0.25, -0.2) is 14.6 Å². The van der Waals surface area contributed by atoms with E-state index in [4.69, 9.17) is 4.98 Å². The average Bonchev–Trinajstić information content (AvgIpc) is 3.27. The first kappa shape index (κ1) is 24.0. The molecule has 180 valence electrons. The summed E-state index contributed by atoms with van der Waals surface area (Å²) in [5.74, 6) is -0.782.